The third kappa shape index (κ3) is 5.54. The predicted octanol–water partition coefficient (Wildman–Crippen LogP) is -0.612. The summed E-state index contributed by atoms with van der Waals surface area (Å²) in [5, 5.41) is 10.4. The number of hydrogen-bond acceptors (Lipinski definition) is 18. The van der Waals surface area contributed by atoms with Crippen LogP contribution in [0, 0.1) is 11.8 Å². The minimum atomic E-state index is -4.35. The number of nitrogens with two attached hydrogens (primary N) is 2. The Morgan fingerprint density at radius 2 is 1.72 bits per heavy atom. The van der Waals surface area contributed by atoms with Crippen molar-refractivity contribution in [2.45, 2.75) is 43.8 Å². The second-order valence-corrected chi connectivity index (χ2v) is 15.9. The van der Waals surface area contributed by atoms with E-state index in [1.807, 2.05) is 0 Å². The first kappa shape index (κ1) is 31.6. The smallest absolute Gasteiger partial charge is 0.328 e. The number of imidazole rings is 2. The number of fused-ring (bicyclic) bond motifs is 5. The van der Waals surface area contributed by atoms with E-state index in [-0.39, 0.29) is 29.5 Å². The highest BCUT2D eigenvalue weighted by Crippen LogP contribution is 2.54. The van der Waals surface area contributed by atoms with Crippen LogP contribution in [-0.4, -0.2) is 95.0 Å². The predicted molar refractivity (Wildman–Crippen MR) is 159 cm³/mol. The van der Waals surface area contributed by atoms with Crippen molar-refractivity contribution >= 4 is 60.2 Å². The summed E-state index contributed by atoms with van der Waals surface area (Å²) >= 11 is 5.29. The molecule has 6 N–H and O–H groups in total. The van der Waals surface area contributed by atoms with Gasteiger partial charge in [0, 0.05) is 18.5 Å². The maximum Gasteiger partial charge on any atom is 0.328 e. The summed E-state index contributed by atoms with van der Waals surface area (Å²) in [7, 11) is -3.85. The van der Waals surface area contributed by atoms with Gasteiger partial charge in [-0.2, -0.15) is 4.98 Å². The number of H-pyrrole nitrogens is 1. The number of rotatable bonds is 3. The van der Waals surface area contributed by atoms with E-state index in [1.165, 1.54) is 30.2 Å². The van der Waals surface area contributed by atoms with E-state index in [0.717, 1.165) is 0 Å². The second-order valence-electron chi connectivity index (χ2n) is 11.1. The van der Waals surface area contributed by atoms with Crippen LogP contribution >= 0.6 is 14.3 Å². The monoisotopic (exact) mass is 699 g/mol. The topological polar surface area (TPSA) is 275 Å². The van der Waals surface area contributed by atoms with Crippen molar-refractivity contribution in [3.63, 3.8) is 0 Å². The number of nitrogen functional groups attached to an aromatic ring is 2. The molecule has 3 saturated heterocycles. The highest BCUT2D eigenvalue weighted by Gasteiger charge is 2.51. The minimum Gasteiger partial charge on any atom is -0.780 e. The Balaban J connectivity index is 1.22. The van der Waals surface area contributed by atoms with Crippen LogP contribution in [0.25, 0.3) is 22.3 Å². The van der Waals surface area contributed by atoms with Gasteiger partial charge in [-0.25, -0.2) is 19.9 Å². The van der Waals surface area contributed by atoms with Crippen molar-refractivity contribution in [2.75, 3.05) is 38.0 Å². The molecule has 0 spiro atoms. The number of ether oxygens (including phenoxy) is 2. The first-order chi connectivity index (χ1) is 21.9. The van der Waals surface area contributed by atoms with E-state index < -0.39 is 81.8 Å². The van der Waals surface area contributed by atoms with Crippen LogP contribution in [0.2, 0.25) is 0 Å². The van der Waals surface area contributed by atoms with E-state index in [1.54, 1.807) is 11.5 Å². The largest absolute Gasteiger partial charge is 0.780 e. The van der Waals surface area contributed by atoms with Crippen LogP contribution < -0.4 is 21.9 Å². The molecular formula is C23H29N10O10P2S-. The van der Waals surface area contributed by atoms with Gasteiger partial charge in [0.15, 0.2) is 28.9 Å². The number of nitrogens with one attached hydrogen (secondary N) is 1. The lowest BCUT2D eigenvalue weighted by atomic mass is 9.99. The fraction of sp³-hybridized carbons (Fsp3) is 0.565. The van der Waals surface area contributed by atoms with E-state index in [0.29, 0.717) is 11.2 Å². The zero-order valence-electron chi connectivity index (χ0n) is 24.2. The summed E-state index contributed by atoms with van der Waals surface area (Å²) in [6.45, 7) is -2.53. The highest BCUT2D eigenvalue weighted by atomic mass is 32.5. The summed E-state index contributed by atoms with van der Waals surface area (Å²) in [6, 6.07) is 0. The highest BCUT2D eigenvalue weighted by molar-refractivity contribution is 8.06. The summed E-state index contributed by atoms with van der Waals surface area (Å²) in [4.78, 5) is 49.2. The molecule has 3 aliphatic rings. The Morgan fingerprint density at radius 1 is 1.02 bits per heavy atom. The van der Waals surface area contributed by atoms with Gasteiger partial charge in [-0.1, -0.05) is 18.7 Å². The molecule has 0 saturated carbocycles. The third-order valence-electron chi connectivity index (χ3n) is 8.17. The Labute approximate surface area is 264 Å². The van der Waals surface area contributed by atoms with Gasteiger partial charge >= 0.3 is 7.60 Å². The number of aliphatic hydroxyl groups excluding tert-OH is 1. The molecule has 7 heterocycles. The van der Waals surface area contributed by atoms with Gasteiger partial charge in [0.05, 0.1) is 38.6 Å². The van der Waals surface area contributed by atoms with Gasteiger partial charge in [0.1, 0.15) is 43.1 Å². The lowest BCUT2D eigenvalue weighted by Gasteiger charge is -2.35. The maximum atomic E-state index is 13.8. The molecule has 4 aromatic heterocycles. The van der Waals surface area contributed by atoms with Crippen molar-refractivity contribution in [3.05, 3.63) is 29.3 Å². The second kappa shape index (κ2) is 11.6. The molecule has 0 amide bonds. The molecule has 20 nitrogen and oxygen atoms in total. The maximum absolute atomic E-state index is 13.8. The molecule has 0 aromatic carbocycles. The fourth-order valence-corrected chi connectivity index (χ4v) is 8.69. The number of aromatic amines is 1. The lowest BCUT2D eigenvalue weighted by Crippen LogP contribution is -2.34. The Kier molecular flexibility index (Phi) is 8.01. The zero-order valence-corrected chi connectivity index (χ0v) is 26.8. The van der Waals surface area contributed by atoms with Crippen LogP contribution in [0.1, 0.15) is 19.4 Å². The lowest BCUT2D eigenvalue weighted by molar-refractivity contribution is -0.218. The molecule has 248 valence electrons. The quantitative estimate of drug-likeness (QED) is 0.194. The summed E-state index contributed by atoms with van der Waals surface area (Å²) in [5.74, 6) is -1.41. The Morgan fingerprint density at radius 3 is 2.48 bits per heavy atom. The van der Waals surface area contributed by atoms with Gasteiger partial charge in [-0.3, -0.25) is 23.5 Å². The SMILES string of the molecule is CC1C2O[P@@](C)(=O)OCC3OC(n4cnc5c(=O)[nH]c(N)nc54)C(OP([O-])(=S)OCC2OC1n1cnc2c(N)ncnc21)C3CO. The van der Waals surface area contributed by atoms with Gasteiger partial charge in [-0.15, -0.1) is 0 Å². The number of hydrogen-bond donors (Lipinski definition) is 4. The number of aromatic nitrogens is 8. The Hall–Kier alpha value is -2.94. The average Bonchev–Trinajstić information content (AvgIpc) is 3.75. The molecule has 4 aromatic rings. The molecule has 0 radical (unpaired) electrons. The van der Waals surface area contributed by atoms with Crippen LogP contribution in [0.15, 0.2) is 23.8 Å². The van der Waals surface area contributed by atoms with Crippen LogP contribution in [0.4, 0.5) is 11.8 Å². The van der Waals surface area contributed by atoms with Gasteiger partial charge < -0.3 is 49.0 Å². The molecule has 10 atom stereocenters. The van der Waals surface area contributed by atoms with Crippen molar-refractivity contribution in [3.8, 4) is 0 Å². The zero-order chi connectivity index (χ0) is 32.5. The molecule has 9 unspecified atom stereocenters. The Bertz CT molecular complexity index is 1960. The molecule has 2 bridgehead atoms. The standard InChI is InChI=1S/C23H30N10O10P2S/c1-9-15-12(41-21(9)32-7-28-13-17(24)26-6-27-18(13)32)5-39-45(37,46)43-16-10(3-34)11(4-38-44(2,36)42-15)40-22(16)33-8-29-14-19(33)30-23(25)31-20(14)35/h6-12,15-16,21-22,34H,3-5H2,1-2H3,(H,37,46)(H2,24,26,27)(H3,25,30,31,35)/p-1/t9?,10?,11?,12?,15?,16?,21?,22?,44-,45?/m0/s1. The first-order valence-electron chi connectivity index (χ1n) is 14.0. The van der Waals surface area contributed by atoms with Gasteiger partial charge in [-0.05, 0) is 0 Å². The fourth-order valence-electron chi connectivity index (χ4n) is 6.01. The van der Waals surface area contributed by atoms with E-state index in [4.69, 9.17) is 50.8 Å². The molecule has 3 aliphatic heterocycles. The third-order valence-corrected chi connectivity index (χ3v) is 11.0. The van der Waals surface area contributed by atoms with Crippen LogP contribution in [-0.2, 0) is 43.9 Å². The summed E-state index contributed by atoms with van der Waals surface area (Å²) < 4.78 is 52.6. The molecule has 46 heavy (non-hydrogen) atoms. The number of aliphatic hydroxyl groups is 1. The summed E-state index contributed by atoms with van der Waals surface area (Å²) in [6.07, 6.45) is -1.97. The average molecular weight is 700 g/mol. The van der Waals surface area contributed by atoms with E-state index in [2.05, 4.69) is 29.9 Å². The van der Waals surface area contributed by atoms with Gasteiger partial charge in [0.25, 0.3) is 5.56 Å². The first-order valence-corrected chi connectivity index (χ1v) is 18.5. The molecular weight excluding hydrogens is 670 g/mol. The van der Waals surface area contributed by atoms with Crippen molar-refractivity contribution in [2.24, 2.45) is 11.8 Å². The molecule has 23 heteroatoms. The van der Waals surface area contributed by atoms with Crippen molar-refractivity contribution in [1.29, 1.82) is 0 Å². The van der Waals surface area contributed by atoms with E-state index in [9.17, 15) is 19.4 Å². The minimum absolute atomic E-state index is 0.0325. The van der Waals surface area contributed by atoms with Gasteiger partial charge in [0.2, 0.25) is 5.95 Å². The molecule has 3 fully saturated rings. The molecule has 0 aliphatic carbocycles. The molecule has 7 rings (SSSR count). The van der Waals surface area contributed by atoms with Crippen molar-refractivity contribution < 1.29 is 42.1 Å². The number of anilines is 2. The normalized spacial score (nSPS) is 37.1. The number of nitrogens with zero attached hydrogens (tertiary/aromatic N) is 7. The summed E-state index contributed by atoms with van der Waals surface area (Å²) in [5.41, 5.74) is 11.9. The van der Waals surface area contributed by atoms with E-state index >= 15 is 0 Å². The van der Waals surface area contributed by atoms with Crippen LogP contribution in [0.3, 0.4) is 0 Å². The van der Waals surface area contributed by atoms with Crippen LogP contribution in [0.5, 0.6) is 0 Å². The van der Waals surface area contributed by atoms with Crippen molar-refractivity contribution in [1.82, 2.24) is 39.0 Å².